The Labute approximate surface area is 173 Å². The SMILES string of the molecule is COc1cc(CCc2nnc3n2N=C(c2ccccc2)CS3)cc(OC)c1OC. The molecule has 8 heteroatoms. The summed E-state index contributed by atoms with van der Waals surface area (Å²) in [6, 6.07) is 14.1. The van der Waals surface area contributed by atoms with Crippen molar-refractivity contribution in [2.45, 2.75) is 18.0 Å². The van der Waals surface area contributed by atoms with Crippen LogP contribution in [-0.2, 0) is 12.8 Å². The average molecular weight is 410 g/mol. The Balaban J connectivity index is 1.57. The quantitative estimate of drug-likeness (QED) is 0.594. The Morgan fingerprint density at radius 1 is 0.931 bits per heavy atom. The molecule has 0 amide bonds. The summed E-state index contributed by atoms with van der Waals surface area (Å²) < 4.78 is 18.1. The summed E-state index contributed by atoms with van der Waals surface area (Å²) in [5.74, 6) is 3.49. The maximum absolute atomic E-state index is 5.45. The molecule has 0 fully saturated rings. The van der Waals surface area contributed by atoms with E-state index in [9.17, 15) is 0 Å². The van der Waals surface area contributed by atoms with E-state index >= 15 is 0 Å². The van der Waals surface area contributed by atoms with Gasteiger partial charge in [-0.05, 0) is 29.7 Å². The van der Waals surface area contributed by atoms with Crippen molar-refractivity contribution in [3.8, 4) is 17.2 Å². The maximum atomic E-state index is 5.45. The number of nitrogens with zero attached hydrogens (tertiary/aromatic N) is 4. The van der Waals surface area contributed by atoms with Gasteiger partial charge in [0.15, 0.2) is 17.3 Å². The first kappa shape index (κ1) is 19.3. The predicted molar refractivity (Wildman–Crippen MR) is 113 cm³/mol. The number of aromatic nitrogens is 3. The maximum Gasteiger partial charge on any atom is 0.212 e. The van der Waals surface area contributed by atoms with Crippen molar-refractivity contribution >= 4 is 17.5 Å². The van der Waals surface area contributed by atoms with Gasteiger partial charge in [-0.25, -0.2) is 0 Å². The first-order chi connectivity index (χ1) is 14.2. The van der Waals surface area contributed by atoms with Crippen LogP contribution < -0.4 is 14.2 Å². The molecule has 0 saturated carbocycles. The van der Waals surface area contributed by atoms with Crippen LogP contribution in [0.2, 0.25) is 0 Å². The molecule has 0 unspecified atom stereocenters. The normalized spacial score (nSPS) is 12.9. The van der Waals surface area contributed by atoms with E-state index in [1.165, 1.54) is 0 Å². The van der Waals surface area contributed by atoms with Crippen LogP contribution in [0.15, 0.2) is 52.7 Å². The Hall–Kier alpha value is -3.00. The smallest absolute Gasteiger partial charge is 0.212 e. The Morgan fingerprint density at radius 2 is 1.66 bits per heavy atom. The van der Waals surface area contributed by atoms with Gasteiger partial charge in [0.05, 0.1) is 27.0 Å². The zero-order chi connectivity index (χ0) is 20.2. The number of ether oxygens (including phenoxy) is 3. The minimum absolute atomic E-state index is 0.590. The standard InChI is InChI=1S/C21H22N4O3S/c1-26-17-11-14(12-18(27-2)20(17)28-3)9-10-19-22-23-21-25(19)24-16(13-29-21)15-7-5-4-6-8-15/h4-8,11-12H,9-10,13H2,1-3H3. The molecule has 0 bridgehead atoms. The van der Waals surface area contributed by atoms with Crippen LogP contribution in [0, 0.1) is 0 Å². The molecular formula is C21H22N4O3S. The summed E-state index contributed by atoms with van der Waals surface area (Å²) in [6.45, 7) is 0. The lowest BCUT2D eigenvalue weighted by Crippen LogP contribution is -2.14. The molecule has 0 aliphatic carbocycles. The summed E-state index contributed by atoms with van der Waals surface area (Å²) in [4.78, 5) is 0. The van der Waals surface area contributed by atoms with Crippen molar-refractivity contribution in [2.24, 2.45) is 5.10 Å². The zero-order valence-electron chi connectivity index (χ0n) is 16.6. The van der Waals surface area contributed by atoms with Gasteiger partial charge in [-0.15, -0.1) is 10.2 Å². The molecule has 0 saturated heterocycles. The van der Waals surface area contributed by atoms with Crippen LogP contribution in [0.3, 0.4) is 0 Å². The van der Waals surface area contributed by atoms with Crippen LogP contribution >= 0.6 is 11.8 Å². The van der Waals surface area contributed by atoms with Crippen LogP contribution in [0.4, 0.5) is 0 Å². The second kappa shape index (κ2) is 8.57. The van der Waals surface area contributed by atoms with E-state index < -0.39 is 0 Å². The molecule has 29 heavy (non-hydrogen) atoms. The minimum Gasteiger partial charge on any atom is -0.493 e. The van der Waals surface area contributed by atoms with Gasteiger partial charge >= 0.3 is 0 Å². The average Bonchev–Trinajstić information content (AvgIpc) is 3.19. The lowest BCUT2D eigenvalue weighted by Gasteiger charge is -2.15. The van der Waals surface area contributed by atoms with Gasteiger partial charge in [-0.1, -0.05) is 42.1 Å². The van der Waals surface area contributed by atoms with Gasteiger partial charge in [-0.3, -0.25) is 0 Å². The molecule has 4 rings (SSSR count). The number of benzene rings is 2. The van der Waals surface area contributed by atoms with E-state index in [4.69, 9.17) is 19.3 Å². The fourth-order valence-electron chi connectivity index (χ4n) is 3.23. The third-order valence-corrected chi connectivity index (χ3v) is 5.63. The van der Waals surface area contributed by atoms with Gasteiger partial charge in [0.2, 0.25) is 10.9 Å². The Bertz CT molecular complexity index is 1010. The van der Waals surface area contributed by atoms with Gasteiger partial charge in [0.1, 0.15) is 0 Å². The molecular weight excluding hydrogens is 388 g/mol. The van der Waals surface area contributed by atoms with E-state index in [2.05, 4.69) is 22.3 Å². The van der Waals surface area contributed by atoms with Crippen LogP contribution in [-0.4, -0.2) is 47.7 Å². The van der Waals surface area contributed by atoms with Crippen molar-refractivity contribution < 1.29 is 14.2 Å². The Kier molecular flexibility index (Phi) is 5.71. The molecule has 1 aliphatic heterocycles. The number of rotatable bonds is 7. The van der Waals surface area contributed by atoms with Crippen LogP contribution in [0.25, 0.3) is 0 Å². The number of thioether (sulfide) groups is 1. The highest BCUT2D eigenvalue weighted by Crippen LogP contribution is 2.38. The fraction of sp³-hybridized carbons (Fsp3) is 0.286. The molecule has 0 radical (unpaired) electrons. The Morgan fingerprint density at radius 3 is 2.31 bits per heavy atom. The highest BCUT2D eigenvalue weighted by atomic mass is 32.2. The van der Waals surface area contributed by atoms with E-state index in [1.54, 1.807) is 33.1 Å². The predicted octanol–water partition coefficient (Wildman–Crippen LogP) is 3.45. The third kappa shape index (κ3) is 3.93. The van der Waals surface area contributed by atoms with Crippen LogP contribution in [0.5, 0.6) is 17.2 Å². The molecule has 150 valence electrons. The molecule has 0 atom stereocenters. The summed E-state index contributed by atoms with van der Waals surface area (Å²) in [7, 11) is 4.84. The number of hydrogen-bond acceptors (Lipinski definition) is 7. The molecule has 3 aromatic rings. The topological polar surface area (TPSA) is 70.8 Å². The van der Waals surface area contributed by atoms with Crippen molar-refractivity contribution in [1.82, 2.24) is 14.9 Å². The number of aryl methyl sites for hydroxylation is 2. The zero-order valence-corrected chi connectivity index (χ0v) is 17.4. The second-order valence-corrected chi connectivity index (χ2v) is 7.39. The van der Waals surface area contributed by atoms with E-state index in [0.29, 0.717) is 23.7 Å². The van der Waals surface area contributed by atoms with Crippen molar-refractivity contribution in [2.75, 3.05) is 27.1 Å². The number of methoxy groups -OCH3 is 3. The molecule has 7 nitrogen and oxygen atoms in total. The van der Waals surface area contributed by atoms with Crippen LogP contribution in [0.1, 0.15) is 17.0 Å². The van der Waals surface area contributed by atoms with Gasteiger partial charge in [0.25, 0.3) is 0 Å². The lowest BCUT2D eigenvalue weighted by molar-refractivity contribution is 0.324. The molecule has 0 N–H and O–H groups in total. The van der Waals surface area contributed by atoms with E-state index in [-0.39, 0.29) is 0 Å². The fourth-order valence-corrected chi connectivity index (χ4v) is 4.09. The summed E-state index contributed by atoms with van der Waals surface area (Å²) >= 11 is 1.65. The minimum atomic E-state index is 0.590. The lowest BCUT2D eigenvalue weighted by atomic mass is 10.1. The van der Waals surface area contributed by atoms with Crippen molar-refractivity contribution in [3.63, 3.8) is 0 Å². The summed E-state index contributed by atoms with van der Waals surface area (Å²) in [5.41, 5.74) is 3.21. The van der Waals surface area contributed by atoms with Crippen molar-refractivity contribution in [3.05, 3.63) is 59.4 Å². The number of hydrogen-bond donors (Lipinski definition) is 0. The summed E-state index contributed by atoms with van der Waals surface area (Å²) in [5, 5.41) is 14.3. The second-order valence-electron chi connectivity index (χ2n) is 6.45. The highest BCUT2D eigenvalue weighted by Gasteiger charge is 2.20. The first-order valence-corrected chi connectivity index (χ1v) is 10.2. The summed E-state index contributed by atoms with van der Waals surface area (Å²) in [6.07, 6.45) is 1.44. The third-order valence-electron chi connectivity index (χ3n) is 4.70. The van der Waals surface area contributed by atoms with Gasteiger partial charge < -0.3 is 14.2 Å². The van der Waals surface area contributed by atoms with E-state index in [1.807, 2.05) is 35.0 Å². The molecule has 2 aromatic carbocycles. The molecule has 0 spiro atoms. The monoisotopic (exact) mass is 410 g/mol. The highest BCUT2D eigenvalue weighted by molar-refractivity contribution is 7.99. The molecule has 2 heterocycles. The van der Waals surface area contributed by atoms with E-state index in [0.717, 1.165) is 40.0 Å². The van der Waals surface area contributed by atoms with Gasteiger partial charge in [-0.2, -0.15) is 9.78 Å². The number of fused-ring (bicyclic) bond motifs is 1. The van der Waals surface area contributed by atoms with Crippen molar-refractivity contribution in [1.29, 1.82) is 0 Å². The molecule has 1 aliphatic rings. The molecule has 1 aromatic heterocycles. The first-order valence-electron chi connectivity index (χ1n) is 9.22. The van der Waals surface area contributed by atoms with Gasteiger partial charge in [0, 0.05) is 12.2 Å². The largest absolute Gasteiger partial charge is 0.493 e.